The largest absolute Gasteiger partial charge is 0.207 e. The molecular weight excluding hydrogens is 323 g/mol. The smallest absolute Gasteiger partial charge is 0.123 e. The van der Waals surface area contributed by atoms with Crippen molar-refractivity contribution in [3.8, 4) is 0 Å². The van der Waals surface area contributed by atoms with Gasteiger partial charge < -0.3 is 0 Å². The average molecular weight is 349 g/mol. The van der Waals surface area contributed by atoms with Crippen LogP contribution in [-0.2, 0) is 12.8 Å². The molecule has 0 amide bonds. The van der Waals surface area contributed by atoms with Gasteiger partial charge in [-0.25, -0.2) is 4.39 Å². The van der Waals surface area contributed by atoms with E-state index in [1.807, 2.05) is 23.9 Å². The molecule has 0 saturated carbocycles. The van der Waals surface area contributed by atoms with Crippen LogP contribution < -0.4 is 0 Å². The molecule has 0 atom stereocenters. The lowest BCUT2D eigenvalue weighted by atomic mass is 10.00. The van der Waals surface area contributed by atoms with Gasteiger partial charge in [0.05, 0.1) is 0 Å². The Morgan fingerprint density at radius 3 is 1.91 bits per heavy atom. The summed E-state index contributed by atoms with van der Waals surface area (Å²) in [6, 6.07) is 11.5. The Morgan fingerprint density at radius 1 is 0.826 bits per heavy atom. The van der Waals surface area contributed by atoms with E-state index in [1.165, 1.54) is 39.5 Å². The Morgan fingerprint density at radius 2 is 1.39 bits per heavy atom. The Bertz CT molecular complexity index is 620. The molecule has 0 spiro atoms. The molecule has 0 heterocycles. The van der Waals surface area contributed by atoms with Crippen LogP contribution in [0.25, 0.3) is 0 Å². The molecule has 0 N–H and O–H groups in total. The van der Waals surface area contributed by atoms with Crippen molar-refractivity contribution in [2.45, 2.75) is 61.1 Å². The normalized spacial score (nSPS) is 11.0. The Kier molecular flexibility index (Phi) is 7.51. The minimum absolute atomic E-state index is 0.178. The third-order valence-electron chi connectivity index (χ3n) is 3.65. The van der Waals surface area contributed by atoms with Gasteiger partial charge in [0.25, 0.3) is 0 Å². The zero-order valence-corrected chi connectivity index (χ0v) is 15.8. The summed E-state index contributed by atoms with van der Waals surface area (Å²) in [5.41, 5.74) is 2.97. The van der Waals surface area contributed by atoms with E-state index in [0.717, 1.165) is 29.9 Å². The molecule has 0 bridgehead atoms. The lowest BCUT2D eigenvalue weighted by molar-refractivity contribution is 0.626. The molecule has 3 heteroatoms. The Balaban J connectivity index is 2.37. The molecule has 0 aliphatic rings. The third-order valence-corrected chi connectivity index (χ3v) is 5.78. The number of rotatable bonds is 8. The molecule has 124 valence electrons. The number of aryl methyl sites for hydroxylation is 2. The number of thioether (sulfide) groups is 1. The summed E-state index contributed by atoms with van der Waals surface area (Å²) in [4.78, 5) is 3.74. The minimum Gasteiger partial charge on any atom is -0.207 e. The molecule has 0 aromatic heterocycles. The van der Waals surface area contributed by atoms with Gasteiger partial charge >= 0.3 is 0 Å². The van der Waals surface area contributed by atoms with Gasteiger partial charge in [0.1, 0.15) is 5.82 Å². The fourth-order valence-electron chi connectivity index (χ4n) is 2.63. The molecule has 0 nitrogen and oxygen atoms in total. The van der Waals surface area contributed by atoms with Crippen molar-refractivity contribution in [1.29, 1.82) is 0 Å². The van der Waals surface area contributed by atoms with Crippen LogP contribution in [0.4, 0.5) is 4.39 Å². The maximum Gasteiger partial charge on any atom is 0.123 e. The summed E-state index contributed by atoms with van der Waals surface area (Å²) in [5, 5.41) is 0. The van der Waals surface area contributed by atoms with Crippen molar-refractivity contribution >= 4 is 23.5 Å². The van der Waals surface area contributed by atoms with Crippen LogP contribution in [0.1, 0.15) is 44.7 Å². The average Bonchev–Trinajstić information content (AvgIpc) is 2.54. The van der Waals surface area contributed by atoms with E-state index in [9.17, 15) is 4.39 Å². The second kappa shape index (κ2) is 9.39. The molecule has 2 aromatic rings. The molecule has 0 fully saturated rings. The molecule has 2 rings (SSSR count). The molecule has 0 unspecified atom stereocenters. The fraction of sp³-hybridized carbons (Fsp3) is 0.400. The summed E-state index contributed by atoms with van der Waals surface area (Å²) in [6.07, 6.45) is 4.62. The van der Waals surface area contributed by atoms with Crippen LogP contribution >= 0.6 is 23.5 Å². The molecule has 0 radical (unpaired) electrons. The van der Waals surface area contributed by atoms with Gasteiger partial charge in [-0.1, -0.05) is 45.4 Å². The van der Waals surface area contributed by atoms with Gasteiger partial charge in [0.15, 0.2) is 0 Å². The molecule has 0 saturated heterocycles. The number of hydrogen-bond acceptors (Lipinski definition) is 2. The third kappa shape index (κ3) is 5.29. The maximum atomic E-state index is 13.1. The van der Waals surface area contributed by atoms with Crippen LogP contribution in [0, 0.1) is 5.82 Å². The Labute approximate surface area is 148 Å². The van der Waals surface area contributed by atoms with Gasteiger partial charge in [-0.2, -0.15) is 0 Å². The second-order valence-electron chi connectivity index (χ2n) is 5.56. The zero-order chi connectivity index (χ0) is 16.7. The fourth-order valence-corrected chi connectivity index (χ4v) is 4.55. The number of hydrogen-bond donors (Lipinski definition) is 0. The Hall–Kier alpha value is -0.930. The first-order valence-corrected chi connectivity index (χ1v) is 10.2. The first-order chi connectivity index (χ1) is 11.2. The van der Waals surface area contributed by atoms with E-state index >= 15 is 0 Å². The monoisotopic (exact) mass is 348 g/mol. The maximum absolute atomic E-state index is 13.1. The summed E-state index contributed by atoms with van der Waals surface area (Å²) in [7, 11) is 0. The van der Waals surface area contributed by atoms with Crippen molar-refractivity contribution in [3.63, 3.8) is 0 Å². The summed E-state index contributed by atoms with van der Waals surface area (Å²) >= 11 is 3.64. The van der Waals surface area contributed by atoms with E-state index in [1.54, 1.807) is 11.8 Å². The molecule has 0 aliphatic carbocycles. The topological polar surface area (TPSA) is 0 Å². The summed E-state index contributed by atoms with van der Waals surface area (Å²) < 4.78 is 13.1. The van der Waals surface area contributed by atoms with Crippen molar-refractivity contribution in [3.05, 3.63) is 53.3 Å². The van der Waals surface area contributed by atoms with Gasteiger partial charge in [0, 0.05) is 14.7 Å². The highest BCUT2D eigenvalue weighted by molar-refractivity contribution is 8.02. The van der Waals surface area contributed by atoms with Gasteiger partial charge in [-0.15, -0.1) is 11.8 Å². The quantitative estimate of drug-likeness (QED) is 0.471. The van der Waals surface area contributed by atoms with E-state index in [2.05, 4.69) is 32.9 Å². The van der Waals surface area contributed by atoms with Crippen LogP contribution in [0.15, 0.2) is 51.1 Å². The highest BCUT2D eigenvalue weighted by Gasteiger charge is 2.11. The highest BCUT2D eigenvalue weighted by Crippen LogP contribution is 2.38. The molecule has 2 aromatic carbocycles. The predicted molar refractivity (Wildman–Crippen MR) is 101 cm³/mol. The second-order valence-corrected chi connectivity index (χ2v) is 7.98. The summed E-state index contributed by atoms with van der Waals surface area (Å²) in [5.74, 6) is 0.887. The number of benzene rings is 2. The lowest BCUT2D eigenvalue weighted by Gasteiger charge is -2.15. The minimum atomic E-state index is -0.178. The van der Waals surface area contributed by atoms with Crippen molar-refractivity contribution in [1.82, 2.24) is 0 Å². The SMILES string of the molecule is CCCc1cc(SCC)c(Sc2ccc(F)cc2)cc1CCC. The summed E-state index contributed by atoms with van der Waals surface area (Å²) in [6.45, 7) is 6.66. The van der Waals surface area contributed by atoms with Crippen molar-refractivity contribution in [2.75, 3.05) is 5.75 Å². The highest BCUT2D eigenvalue weighted by atomic mass is 32.2. The van der Waals surface area contributed by atoms with Gasteiger partial charge in [-0.05, 0) is 66.1 Å². The molecule has 0 aliphatic heterocycles. The van der Waals surface area contributed by atoms with E-state index in [0.29, 0.717) is 0 Å². The standard InChI is InChI=1S/C20H25FS2/c1-4-7-15-13-19(22-6-3)20(14-16(15)8-5-2)23-18-11-9-17(21)10-12-18/h9-14H,4-8H2,1-3H3. The lowest BCUT2D eigenvalue weighted by Crippen LogP contribution is -1.96. The van der Waals surface area contributed by atoms with Crippen LogP contribution in [0.3, 0.4) is 0 Å². The van der Waals surface area contributed by atoms with Crippen molar-refractivity contribution in [2.24, 2.45) is 0 Å². The van der Waals surface area contributed by atoms with E-state index in [-0.39, 0.29) is 5.82 Å². The van der Waals surface area contributed by atoms with E-state index < -0.39 is 0 Å². The first-order valence-electron chi connectivity index (χ1n) is 8.39. The molecule has 23 heavy (non-hydrogen) atoms. The molecular formula is C20H25FS2. The zero-order valence-electron chi connectivity index (χ0n) is 14.2. The first kappa shape index (κ1) is 18.4. The van der Waals surface area contributed by atoms with Gasteiger partial charge in [0.2, 0.25) is 0 Å². The van der Waals surface area contributed by atoms with Crippen LogP contribution in [0.5, 0.6) is 0 Å². The van der Waals surface area contributed by atoms with Gasteiger partial charge in [-0.3, -0.25) is 0 Å². The van der Waals surface area contributed by atoms with E-state index in [4.69, 9.17) is 0 Å². The van der Waals surface area contributed by atoms with Crippen LogP contribution in [0.2, 0.25) is 0 Å². The number of halogens is 1. The van der Waals surface area contributed by atoms with Crippen molar-refractivity contribution < 1.29 is 4.39 Å². The predicted octanol–water partition coefficient (Wildman–Crippen LogP) is 6.99. The van der Waals surface area contributed by atoms with Crippen LogP contribution in [-0.4, -0.2) is 5.75 Å².